The van der Waals surface area contributed by atoms with Crippen LogP contribution in [0.3, 0.4) is 0 Å². The zero-order chi connectivity index (χ0) is 14.2. The van der Waals surface area contributed by atoms with Gasteiger partial charge in [0.15, 0.2) is 0 Å². The quantitative estimate of drug-likeness (QED) is 0.871. The highest BCUT2D eigenvalue weighted by atomic mass is 19.1. The monoisotopic (exact) mass is 276 g/mol. The molecule has 1 amide bonds. The van der Waals surface area contributed by atoms with Crippen molar-refractivity contribution in [3.63, 3.8) is 0 Å². The van der Waals surface area contributed by atoms with Gasteiger partial charge in [-0.1, -0.05) is 6.07 Å². The number of aryl methyl sites for hydroxylation is 1. The lowest BCUT2D eigenvalue weighted by Crippen LogP contribution is -2.59. The summed E-state index contributed by atoms with van der Waals surface area (Å²) in [5, 5.41) is 6.67. The SMILES string of the molecule is Cc1ccc(F)cc1C(=O)NC1CCNC2(CCC2)C1. The fourth-order valence-electron chi connectivity index (χ4n) is 3.37. The van der Waals surface area contributed by atoms with Crippen molar-refractivity contribution in [1.82, 2.24) is 10.6 Å². The second-order valence-electron chi connectivity index (χ2n) is 6.18. The molecular formula is C16H21FN2O. The number of amides is 1. The Bertz CT molecular complexity index is 525. The summed E-state index contributed by atoms with van der Waals surface area (Å²) in [5.74, 6) is -0.509. The molecule has 1 heterocycles. The number of nitrogens with one attached hydrogen (secondary N) is 2. The standard InChI is InChI=1S/C16H21FN2O/c1-11-3-4-12(17)9-14(11)15(20)19-13-5-8-18-16(10-13)6-2-7-16/h3-4,9,13,18H,2,5-8,10H2,1H3,(H,19,20). The summed E-state index contributed by atoms with van der Waals surface area (Å²) in [7, 11) is 0. The van der Waals surface area contributed by atoms with Gasteiger partial charge in [0.05, 0.1) is 0 Å². The third-order valence-corrected chi connectivity index (χ3v) is 4.72. The molecule has 4 heteroatoms. The molecule has 1 atom stereocenters. The summed E-state index contributed by atoms with van der Waals surface area (Å²) in [6.07, 6.45) is 5.63. The minimum Gasteiger partial charge on any atom is -0.349 e. The molecule has 1 aromatic rings. The molecule has 3 rings (SSSR count). The van der Waals surface area contributed by atoms with Crippen molar-refractivity contribution in [2.75, 3.05) is 6.54 Å². The van der Waals surface area contributed by atoms with Crippen molar-refractivity contribution >= 4 is 5.91 Å². The second-order valence-corrected chi connectivity index (χ2v) is 6.18. The van der Waals surface area contributed by atoms with Crippen LogP contribution in [0.25, 0.3) is 0 Å². The van der Waals surface area contributed by atoms with E-state index in [-0.39, 0.29) is 23.3 Å². The lowest BCUT2D eigenvalue weighted by atomic mass is 9.70. The summed E-state index contributed by atoms with van der Waals surface area (Å²) in [6, 6.07) is 4.57. The van der Waals surface area contributed by atoms with E-state index in [1.165, 1.54) is 31.4 Å². The van der Waals surface area contributed by atoms with Crippen molar-refractivity contribution < 1.29 is 9.18 Å². The molecule has 20 heavy (non-hydrogen) atoms. The van der Waals surface area contributed by atoms with Gasteiger partial charge in [-0.05, 0) is 63.3 Å². The Balaban J connectivity index is 1.67. The molecule has 1 aromatic carbocycles. The van der Waals surface area contributed by atoms with Gasteiger partial charge in [0.1, 0.15) is 5.82 Å². The molecule has 2 fully saturated rings. The summed E-state index contributed by atoms with van der Waals surface area (Å²) >= 11 is 0. The van der Waals surface area contributed by atoms with E-state index in [2.05, 4.69) is 10.6 Å². The normalized spacial score (nSPS) is 24.2. The van der Waals surface area contributed by atoms with Crippen molar-refractivity contribution in [3.8, 4) is 0 Å². The Kier molecular flexibility index (Phi) is 3.50. The van der Waals surface area contributed by atoms with E-state index in [1.807, 2.05) is 6.92 Å². The van der Waals surface area contributed by atoms with Crippen LogP contribution in [0.5, 0.6) is 0 Å². The minimum absolute atomic E-state index is 0.150. The summed E-state index contributed by atoms with van der Waals surface area (Å²) in [5.41, 5.74) is 1.52. The second kappa shape index (κ2) is 5.17. The summed E-state index contributed by atoms with van der Waals surface area (Å²) in [4.78, 5) is 12.3. The first-order valence-electron chi connectivity index (χ1n) is 7.40. The van der Waals surface area contributed by atoms with Gasteiger partial charge >= 0.3 is 0 Å². The van der Waals surface area contributed by atoms with Crippen LogP contribution in [0.1, 0.15) is 48.0 Å². The smallest absolute Gasteiger partial charge is 0.251 e. The van der Waals surface area contributed by atoms with Gasteiger partial charge in [0.25, 0.3) is 5.91 Å². The Hall–Kier alpha value is -1.42. The van der Waals surface area contributed by atoms with Crippen LogP contribution < -0.4 is 10.6 Å². The third-order valence-electron chi connectivity index (χ3n) is 4.72. The van der Waals surface area contributed by atoms with Gasteiger partial charge in [0, 0.05) is 17.1 Å². The highest BCUT2D eigenvalue weighted by Gasteiger charge is 2.41. The molecule has 2 N–H and O–H groups in total. The third kappa shape index (κ3) is 2.57. The van der Waals surface area contributed by atoms with E-state index in [4.69, 9.17) is 0 Å². The van der Waals surface area contributed by atoms with Gasteiger partial charge in [-0.15, -0.1) is 0 Å². The molecule has 1 spiro atoms. The molecule has 1 saturated carbocycles. The lowest BCUT2D eigenvalue weighted by Gasteiger charge is -2.48. The molecular weight excluding hydrogens is 255 g/mol. The number of hydrogen-bond donors (Lipinski definition) is 2. The molecule has 1 saturated heterocycles. The fraction of sp³-hybridized carbons (Fsp3) is 0.562. The molecule has 1 unspecified atom stereocenters. The Labute approximate surface area is 118 Å². The molecule has 0 bridgehead atoms. The van der Waals surface area contributed by atoms with Gasteiger partial charge in [-0.2, -0.15) is 0 Å². The molecule has 108 valence electrons. The van der Waals surface area contributed by atoms with Crippen LogP contribution in [-0.2, 0) is 0 Å². The zero-order valence-corrected chi connectivity index (χ0v) is 11.8. The molecule has 2 aliphatic rings. The molecule has 1 aliphatic carbocycles. The average molecular weight is 276 g/mol. The Morgan fingerprint density at radius 3 is 2.95 bits per heavy atom. The van der Waals surface area contributed by atoms with Crippen LogP contribution in [0.4, 0.5) is 4.39 Å². The molecule has 0 radical (unpaired) electrons. The van der Waals surface area contributed by atoms with E-state index in [9.17, 15) is 9.18 Å². The maximum atomic E-state index is 13.3. The Morgan fingerprint density at radius 2 is 2.25 bits per heavy atom. The number of benzene rings is 1. The van der Waals surface area contributed by atoms with Crippen molar-refractivity contribution in [2.45, 2.75) is 50.6 Å². The van der Waals surface area contributed by atoms with Crippen molar-refractivity contribution in [2.24, 2.45) is 0 Å². The van der Waals surface area contributed by atoms with Crippen LogP contribution in [-0.4, -0.2) is 24.0 Å². The maximum absolute atomic E-state index is 13.3. The Morgan fingerprint density at radius 1 is 1.45 bits per heavy atom. The average Bonchev–Trinajstić information content (AvgIpc) is 2.40. The highest BCUT2D eigenvalue weighted by Crippen LogP contribution is 2.38. The van der Waals surface area contributed by atoms with Crippen molar-refractivity contribution in [3.05, 3.63) is 35.1 Å². The molecule has 0 aromatic heterocycles. The van der Waals surface area contributed by atoms with E-state index in [0.717, 1.165) is 24.9 Å². The van der Waals surface area contributed by atoms with Gasteiger partial charge in [-0.25, -0.2) is 4.39 Å². The summed E-state index contributed by atoms with van der Waals surface area (Å²) in [6.45, 7) is 2.79. The summed E-state index contributed by atoms with van der Waals surface area (Å²) < 4.78 is 13.3. The van der Waals surface area contributed by atoms with E-state index in [0.29, 0.717) is 5.56 Å². The number of carbonyl (C=O) groups is 1. The van der Waals surface area contributed by atoms with E-state index >= 15 is 0 Å². The van der Waals surface area contributed by atoms with Crippen LogP contribution in [0, 0.1) is 12.7 Å². The number of piperidine rings is 1. The van der Waals surface area contributed by atoms with Gasteiger partial charge < -0.3 is 10.6 Å². The number of carbonyl (C=O) groups excluding carboxylic acids is 1. The topological polar surface area (TPSA) is 41.1 Å². The number of halogens is 1. The van der Waals surface area contributed by atoms with Gasteiger partial charge in [-0.3, -0.25) is 4.79 Å². The fourth-order valence-corrected chi connectivity index (χ4v) is 3.37. The van der Waals surface area contributed by atoms with E-state index < -0.39 is 0 Å². The van der Waals surface area contributed by atoms with Crippen LogP contribution in [0.2, 0.25) is 0 Å². The predicted molar refractivity (Wildman–Crippen MR) is 76.2 cm³/mol. The van der Waals surface area contributed by atoms with E-state index in [1.54, 1.807) is 6.07 Å². The largest absolute Gasteiger partial charge is 0.349 e. The van der Waals surface area contributed by atoms with Crippen molar-refractivity contribution in [1.29, 1.82) is 0 Å². The minimum atomic E-state index is -0.360. The highest BCUT2D eigenvalue weighted by molar-refractivity contribution is 5.95. The first-order chi connectivity index (χ1) is 9.58. The lowest BCUT2D eigenvalue weighted by molar-refractivity contribution is 0.0852. The molecule has 1 aliphatic heterocycles. The molecule has 3 nitrogen and oxygen atoms in total. The van der Waals surface area contributed by atoms with Crippen LogP contribution >= 0.6 is 0 Å². The zero-order valence-electron chi connectivity index (χ0n) is 11.8. The maximum Gasteiger partial charge on any atom is 0.251 e. The van der Waals surface area contributed by atoms with Crippen LogP contribution in [0.15, 0.2) is 18.2 Å². The first-order valence-corrected chi connectivity index (χ1v) is 7.40. The first kappa shape index (κ1) is 13.6. The number of rotatable bonds is 2. The predicted octanol–water partition coefficient (Wildman–Crippen LogP) is 2.54. The van der Waals surface area contributed by atoms with Gasteiger partial charge in [0.2, 0.25) is 0 Å². The number of hydrogen-bond acceptors (Lipinski definition) is 2.